The zero-order valence-electron chi connectivity index (χ0n) is 7.14. The maximum atomic E-state index is 4.13. The van der Waals surface area contributed by atoms with Gasteiger partial charge in [0.05, 0.1) is 5.55 Å². The van der Waals surface area contributed by atoms with Crippen molar-refractivity contribution < 1.29 is 0 Å². The minimum absolute atomic E-state index is 1.12. The first-order valence-electron chi connectivity index (χ1n) is 3.61. The summed E-state index contributed by atoms with van der Waals surface area (Å²) in [7, 11) is 0. The maximum absolute atomic E-state index is 4.13. The fraction of sp³-hybridized carbons (Fsp3) is 0.625. The predicted octanol–water partition coefficient (Wildman–Crippen LogP) is 3.08. The summed E-state index contributed by atoms with van der Waals surface area (Å²) in [6, 6.07) is 0. The molecule has 0 N–H and O–H groups in total. The monoisotopic (exact) mass is 157 g/mol. The van der Waals surface area contributed by atoms with E-state index in [-0.39, 0.29) is 0 Å². The van der Waals surface area contributed by atoms with E-state index in [0.717, 1.165) is 5.75 Å². The predicted molar refractivity (Wildman–Crippen MR) is 50.7 cm³/mol. The van der Waals surface area contributed by atoms with Crippen molar-refractivity contribution >= 4 is 17.3 Å². The van der Waals surface area contributed by atoms with Crippen molar-refractivity contribution in [2.24, 2.45) is 4.99 Å². The highest BCUT2D eigenvalue weighted by Crippen LogP contribution is 2.15. The second-order valence-electron chi connectivity index (χ2n) is 1.91. The number of hydrogen-bond donors (Lipinski definition) is 0. The van der Waals surface area contributed by atoms with Crippen molar-refractivity contribution in [1.82, 2.24) is 0 Å². The van der Waals surface area contributed by atoms with Gasteiger partial charge in [-0.25, -0.2) is 0 Å². The van der Waals surface area contributed by atoms with Crippen LogP contribution in [-0.2, 0) is 0 Å². The lowest BCUT2D eigenvalue weighted by atomic mass is 10.3. The highest BCUT2D eigenvalue weighted by molar-refractivity contribution is 8.12. The Morgan fingerprint density at radius 1 is 1.40 bits per heavy atom. The summed E-state index contributed by atoms with van der Waals surface area (Å²) in [5.41, 5.74) is 4.49. The van der Waals surface area contributed by atoms with E-state index >= 15 is 0 Å². The van der Waals surface area contributed by atoms with Crippen molar-refractivity contribution in [3.63, 3.8) is 0 Å². The van der Waals surface area contributed by atoms with E-state index < -0.39 is 0 Å². The van der Waals surface area contributed by atoms with Crippen LogP contribution in [0.4, 0.5) is 0 Å². The van der Waals surface area contributed by atoms with Crippen LogP contribution < -0.4 is 0 Å². The smallest absolute Gasteiger partial charge is 0.0603 e. The molecule has 58 valence electrons. The zero-order chi connectivity index (χ0) is 7.98. The van der Waals surface area contributed by atoms with Gasteiger partial charge >= 0.3 is 0 Å². The lowest BCUT2D eigenvalue weighted by molar-refractivity contribution is 1.20. The Morgan fingerprint density at radius 2 is 2.00 bits per heavy atom. The van der Waals surface area contributed by atoms with Gasteiger partial charge in [-0.1, -0.05) is 13.8 Å². The quantitative estimate of drug-likeness (QED) is 0.526. The Morgan fingerprint density at radius 3 is 2.30 bits per heavy atom. The SMILES string of the molecule is CC.CC1=C(C)N=CSC1. The summed E-state index contributed by atoms with van der Waals surface area (Å²) in [5.74, 6) is 1.12. The third-order valence-electron chi connectivity index (χ3n) is 1.24. The van der Waals surface area contributed by atoms with Gasteiger partial charge in [0.15, 0.2) is 0 Å². The second-order valence-corrected chi connectivity index (χ2v) is 2.74. The lowest BCUT2D eigenvalue weighted by Gasteiger charge is -2.04. The van der Waals surface area contributed by atoms with E-state index in [1.54, 1.807) is 11.8 Å². The number of nitrogens with zero attached hydrogens (tertiary/aromatic N) is 1. The molecule has 0 fully saturated rings. The molecule has 0 unspecified atom stereocenters. The minimum atomic E-state index is 1.12. The first kappa shape index (κ1) is 9.76. The molecule has 0 saturated heterocycles. The number of aliphatic imine (C=N–C) groups is 1. The molecule has 2 heteroatoms. The highest BCUT2D eigenvalue weighted by atomic mass is 32.2. The summed E-state index contributed by atoms with van der Waals surface area (Å²) < 4.78 is 0. The molecule has 0 saturated carbocycles. The van der Waals surface area contributed by atoms with Crippen molar-refractivity contribution in [2.45, 2.75) is 27.7 Å². The Labute approximate surface area is 67.6 Å². The summed E-state index contributed by atoms with van der Waals surface area (Å²) in [5, 5.41) is 0. The Hall–Kier alpha value is -0.240. The molecule has 0 aliphatic carbocycles. The summed E-state index contributed by atoms with van der Waals surface area (Å²) in [4.78, 5) is 4.13. The van der Waals surface area contributed by atoms with Gasteiger partial charge in [-0.2, -0.15) is 0 Å². The van der Waals surface area contributed by atoms with Gasteiger partial charge in [0.1, 0.15) is 0 Å². The molecule has 1 nitrogen and oxygen atoms in total. The molecule has 0 bridgehead atoms. The molecular formula is C8H15NS. The van der Waals surface area contributed by atoms with Gasteiger partial charge in [-0.3, -0.25) is 4.99 Å². The molecule has 1 aliphatic heterocycles. The van der Waals surface area contributed by atoms with Gasteiger partial charge in [-0.05, 0) is 19.4 Å². The van der Waals surface area contributed by atoms with Gasteiger partial charge in [-0.15, -0.1) is 11.8 Å². The largest absolute Gasteiger partial charge is 0.255 e. The van der Waals surface area contributed by atoms with Crippen molar-refractivity contribution in [3.05, 3.63) is 11.3 Å². The number of hydrogen-bond acceptors (Lipinski definition) is 2. The Kier molecular flexibility index (Phi) is 5.40. The van der Waals surface area contributed by atoms with E-state index in [4.69, 9.17) is 0 Å². The number of allylic oxidation sites excluding steroid dienone is 1. The standard InChI is InChI=1S/C6H9NS.C2H6/c1-5-3-8-4-7-6(5)2;1-2/h4H,3H2,1-2H3;1-2H3. The van der Waals surface area contributed by atoms with Gasteiger partial charge in [0.2, 0.25) is 0 Å². The van der Waals surface area contributed by atoms with Crippen LogP contribution >= 0.6 is 11.8 Å². The van der Waals surface area contributed by atoms with Gasteiger partial charge < -0.3 is 0 Å². The number of thioether (sulfide) groups is 1. The molecule has 0 aromatic rings. The van der Waals surface area contributed by atoms with E-state index in [2.05, 4.69) is 11.9 Å². The topological polar surface area (TPSA) is 12.4 Å². The molecule has 0 aromatic carbocycles. The van der Waals surface area contributed by atoms with Crippen LogP contribution in [-0.4, -0.2) is 11.3 Å². The number of rotatable bonds is 0. The second kappa shape index (κ2) is 5.54. The maximum Gasteiger partial charge on any atom is 0.0603 e. The molecule has 10 heavy (non-hydrogen) atoms. The van der Waals surface area contributed by atoms with Crippen molar-refractivity contribution in [3.8, 4) is 0 Å². The van der Waals surface area contributed by atoms with Crippen LogP contribution in [0, 0.1) is 0 Å². The van der Waals surface area contributed by atoms with E-state index in [1.807, 2.05) is 26.3 Å². The third-order valence-corrected chi connectivity index (χ3v) is 2.09. The molecule has 0 atom stereocenters. The summed E-state index contributed by atoms with van der Waals surface area (Å²) in [6.45, 7) is 8.17. The molecular weight excluding hydrogens is 142 g/mol. The normalized spacial score (nSPS) is 16.4. The van der Waals surface area contributed by atoms with Gasteiger partial charge in [0, 0.05) is 11.4 Å². The zero-order valence-corrected chi connectivity index (χ0v) is 7.96. The van der Waals surface area contributed by atoms with E-state index in [0.29, 0.717) is 0 Å². The first-order chi connectivity index (χ1) is 4.80. The molecule has 1 rings (SSSR count). The van der Waals surface area contributed by atoms with Crippen LogP contribution in [0.5, 0.6) is 0 Å². The average Bonchev–Trinajstić information content (AvgIpc) is 2.00. The lowest BCUT2D eigenvalue weighted by Crippen LogP contribution is -1.90. The molecule has 0 aromatic heterocycles. The average molecular weight is 157 g/mol. The van der Waals surface area contributed by atoms with Gasteiger partial charge in [0.25, 0.3) is 0 Å². The minimum Gasteiger partial charge on any atom is -0.255 e. The van der Waals surface area contributed by atoms with Crippen molar-refractivity contribution in [1.29, 1.82) is 0 Å². The highest BCUT2D eigenvalue weighted by Gasteiger charge is 1.98. The molecule has 0 radical (unpaired) electrons. The third kappa shape index (κ3) is 3.06. The fourth-order valence-electron chi connectivity index (χ4n) is 0.493. The van der Waals surface area contributed by atoms with Crippen LogP contribution in [0.25, 0.3) is 0 Å². The first-order valence-corrected chi connectivity index (χ1v) is 4.66. The van der Waals surface area contributed by atoms with Crippen LogP contribution in [0.15, 0.2) is 16.3 Å². The van der Waals surface area contributed by atoms with Crippen LogP contribution in [0.3, 0.4) is 0 Å². The van der Waals surface area contributed by atoms with Crippen molar-refractivity contribution in [2.75, 3.05) is 5.75 Å². The van der Waals surface area contributed by atoms with Crippen LogP contribution in [0.1, 0.15) is 27.7 Å². The Bertz CT molecular complexity index is 147. The molecule has 1 aliphatic rings. The molecule has 1 heterocycles. The molecule has 0 amide bonds. The van der Waals surface area contributed by atoms with E-state index in [9.17, 15) is 0 Å². The summed E-state index contributed by atoms with van der Waals surface area (Å²) in [6.07, 6.45) is 0. The molecule has 0 spiro atoms. The fourth-order valence-corrected chi connectivity index (χ4v) is 1.26. The van der Waals surface area contributed by atoms with Crippen LogP contribution in [0.2, 0.25) is 0 Å². The Balaban J connectivity index is 0.000000371. The van der Waals surface area contributed by atoms with E-state index in [1.165, 1.54) is 11.3 Å². The summed E-state index contributed by atoms with van der Waals surface area (Å²) >= 11 is 1.76.